The first kappa shape index (κ1) is 49.0. The summed E-state index contributed by atoms with van der Waals surface area (Å²) >= 11 is 8.67. The molecule has 0 aliphatic carbocycles. The standard InChI is InChI=1S/C56H43ClN4O9S2/c1-36-27-31-43(32-28-36)58-54-60-56(61(44-33-29-41(57)30-34-44)55(72-54)59-42-25-15-6-16-26-42)71-53-48(70-52(65)40-23-13-5-14-24-40)47(69-51(64)39-21-11-4-12-22-39)46(68-50(63)38-19-9-3-10-20-38)45(67-53)35-66-49(62)37-17-7-2-8-18-37/h2-34,45-48,53H,35H2,1H3/t45-,46-,47+,48-,53?/m1/s1. The number of nitrogens with zero attached hydrogens (tertiary/aromatic N) is 4. The summed E-state index contributed by atoms with van der Waals surface area (Å²) in [6.45, 7) is 1.47. The molecule has 2 heterocycles. The molecule has 16 heteroatoms. The number of ether oxygens (including phenoxy) is 5. The number of aryl methyl sites for hydroxylation is 1. The van der Waals surface area contributed by atoms with Gasteiger partial charge in [0, 0.05) is 5.02 Å². The van der Waals surface area contributed by atoms with Crippen molar-refractivity contribution in [1.82, 2.24) is 9.55 Å². The Hall–Kier alpha value is -7.95. The Morgan fingerprint density at radius 1 is 0.569 bits per heavy atom. The Bertz CT molecular complexity index is 3290. The van der Waals surface area contributed by atoms with Crippen molar-refractivity contribution in [2.45, 2.75) is 41.9 Å². The van der Waals surface area contributed by atoms with Crippen LogP contribution in [0.4, 0.5) is 11.4 Å². The molecule has 360 valence electrons. The van der Waals surface area contributed by atoms with Gasteiger partial charge in [0.15, 0.2) is 33.7 Å². The summed E-state index contributed by atoms with van der Waals surface area (Å²) in [5.74, 6) is -3.15. The Morgan fingerprint density at radius 3 is 1.56 bits per heavy atom. The maximum atomic E-state index is 14.4. The van der Waals surface area contributed by atoms with Crippen LogP contribution in [0.3, 0.4) is 0 Å². The van der Waals surface area contributed by atoms with Gasteiger partial charge in [-0.3, -0.25) is 4.57 Å². The van der Waals surface area contributed by atoms with Crippen molar-refractivity contribution in [3.63, 3.8) is 0 Å². The van der Waals surface area contributed by atoms with E-state index >= 15 is 0 Å². The monoisotopic (exact) mass is 1010 g/mol. The molecule has 0 spiro atoms. The maximum absolute atomic E-state index is 14.4. The summed E-state index contributed by atoms with van der Waals surface area (Å²) in [4.78, 5) is 72.5. The largest absolute Gasteiger partial charge is 0.459 e. The summed E-state index contributed by atoms with van der Waals surface area (Å²) in [5.41, 5.74) is 2.26. The fourth-order valence-electron chi connectivity index (χ4n) is 7.44. The molecule has 1 aliphatic rings. The first-order chi connectivity index (χ1) is 35.1. The number of carbonyl (C=O) groups is 4. The van der Waals surface area contributed by atoms with Gasteiger partial charge in [-0.15, -0.1) is 0 Å². The average Bonchev–Trinajstić information content (AvgIpc) is 3.41. The van der Waals surface area contributed by atoms with Crippen molar-refractivity contribution in [2.75, 3.05) is 6.61 Å². The van der Waals surface area contributed by atoms with Crippen LogP contribution < -0.4 is 9.60 Å². The van der Waals surface area contributed by atoms with Crippen LogP contribution in [0.5, 0.6) is 0 Å². The van der Waals surface area contributed by atoms with Gasteiger partial charge in [-0.05, 0) is 104 Å². The Labute approximate surface area is 427 Å². The van der Waals surface area contributed by atoms with Crippen LogP contribution in [-0.4, -0.2) is 69.9 Å². The number of halogens is 1. The zero-order valence-corrected chi connectivity index (χ0v) is 40.7. The van der Waals surface area contributed by atoms with Gasteiger partial charge in [0.1, 0.15) is 12.7 Å². The van der Waals surface area contributed by atoms with Crippen molar-refractivity contribution >= 4 is 70.0 Å². The van der Waals surface area contributed by atoms with E-state index < -0.39 is 60.3 Å². The van der Waals surface area contributed by atoms with Gasteiger partial charge >= 0.3 is 23.9 Å². The zero-order chi connectivity index (χ0) is 49.8. The molecule has 1 aliphatic heterocycles. The SMILES string of the molecule is Cc1ccc(N=c2nc(SC3O[C@H](COC(=O)c4ccccc4)[C@@H](OC(=O)c4ccccc4)[C@H](OC(=O)c4ccccc4)[C@H]3OC(=O)c3ccccc3)n(-c3ccc(Cl)cc3)c(=Nc3ccccc3)s2)cc1. The minimum atomic E-state index is -1.61. The Kier molecular flexibility index (Phi) is 15.9. The van der Waals surface area contributed by atoms with Gasteiger partial charge < -0.3 is 23.7 Å². The second kappa shape index (κ2) is 23.3. The molecule has 8 aromatic rings. The number of benzene rings is 7. The van der Waals surface area contributed by atoms with Crippen LogP contribution in [0, 0.1) is 6.92 Å². The molecule has 5 atom stereocenters. The van der Waals surface area contributed by atoms with E-state index in [2.05, 4.69) is 0 Å². The molecular weight excluding hydrogens is 972 g/mol. The van der Waals surface area contributed by atoms with E-state index in [-0.39, 0.29) is 27.4 Å². The fourth-order valence-corrected chi connectivity index (χ4v) is 9.75. The molecule has 0 saturated carbocycles. The lowest BCUT2D eigenvalue weighted by Crippen LogP contribution is -2.62. The molecule has 13 nitrogen and oxygen atoms in total. The minimum Gasteiger partial charge on any atom is -0.459 e. The molecule has 1 fully saturated rings. The lowest BCUT2D eigenvalue weighted by Gasteiger charge is -2.44. The van der Waals surface area contributed by atoms with Gasteiger partial charge in [-0.2, -0.15) is 4.98 Å². The van der Waals surface area contributed by atoms with E-state index in [0.717, 1.165) is 17.3 Å². The van der Waals surface area contributed by atoms with Crippen molar-refractivity contribution in [2.24, 2.45) is 9.98 Å². The first-order valence-corrected chi connectivity index (χ1v) is 24.7. The van der Waals surface area contributed by atoms with Crippen molar-refractivity contribution in [3.05, 3.63) is 243 Å². The van der Waals surface area contributed by atoms with Crippen LogP contribution in [0.2, 0.25) is 5.02 Å². The molecule has 1 saturated heterocycles. The van der Waals surface area contributed by atoms with Crippen molar-refractivity contribution in [1.29, 1.82) is 0 Å². The quantitative estimate of drug-likeness (QED) is 0.0754. The number of carbonyl (C=O) groups excluding carboxylic acids is 4. The highest BCUT2D eigenvalue weighted by molar-refractivity contribution is 7.99. The maximum Gasteiger partial charge on any atom is 0.338 e. The molecule has 0 radical (unpaired) electrons. The van der Waals surface area contributed by atoms with Gasteiger partial charge in [-0.1, -0.05) is 143 Å². The molecule has 1 aromatic heterocycles. The highest BCUT2D eigenvalue weighted by atomic mass is 35.5. The lowest BCUT2D eigenvalue weighted by molar-refractivity contribution is -0.207. The second-order valence-corrected chi connectivity index (χ2v) is 18.5. The topological polar surface area (TPSA) is 157 Å². The van der Waals surface area contributed by atoms with Crippen LogP contribution in [0.1, 0.15) is 47.0 Å². The Balaban J connectivity index is 1.25. The third kappa shape index (κ3) is 12.3. The van der Waals surface area contributed by atoms with Crippen molar-refractivity contribution < 1.29 is 42.9 Å². The summed E-state index contributed by atoms with van der Waals surface area (Å²) in [7, 11) is 0. The third-order valence-corrected chi connectivity index (χ3v) is 13.2. The number of hydrogen-bond donors (Lipinski definition) is 0. The molecule has 0 N–H and O–H groups in total. The van der Waals surface area contributed by atoms with E-state index in [1.54, 1.807) is 150 Å². The molecule has 1 unspecified atom stereocenters. The number of thioether (sulfide) groups is 1. The van der Waals surface area contributed by atoms with E-state index in [0.29, 0.717) is 31.7 Å². The van der Waals surface area contributed by atoms with E-state index in [9.17, 15) is 19.2 Å². The zero-order valence-electron chi connectivity index (χ0n) is 38.3. The third-order valence-electron chi connectivity index (χ3n) is 11.0. The van der Waals surface area contributed by atoms with E-state index in [4.69, 9.17) is 50.3 Å². The molecule has 72 heavy (non-hydrogen) atoms. The van der Waals surface area contributed by atoms with Crippen LogP contribution in [-0.2, 0) is 23.7 Å². The highest BCUT2D eigenvalue weighted by Crippen LogP contribution is 2.38. The van der Waals surface area contributed by atoms with Gasteiger partial charge in [0.05, 0.1) is 39.3 Å². The van der Waals surface area contributed by atoms with Crippen LogP contribution in [0.15, 0.2) is 215 Å². The number of rotatable bonds is 14. The molecule has 9 rings (SSSR count). The van der Waals surface area contributed by atoms with Gasteiger partial charge in [-0.25, -0.2) is 29.2 Å². The smallest absolute Gasteiger partial charge is 0.338 e. The predicted octanol–water partition coefficient (Wildman–Crippen LogP) is 10.7. The number of aromatic nitrogens is 2. The number of para-hydroxylation sites is 1. The summed E-state index contributed by atoms with van der Waals surface area (Å²) in [6, 6.07) is 57.0. The average molecular weight is 1020 g/mol. The normalized spacial score (nSPS) is 17.9. The Morgan fingerprint density at radius 2 is 1.03 bits per heavy atom. The highest BCUT2D eigenvalue weighted by Gasteiger charge is 2.54. The lowest BCUT2D eigenvalue weighted by atomic mass is 9.98. The predicted molar refractivity (Wildman–Crippen MR) is 273 cm³/mol. The molecular formula is C56H43ClN4O9S2. The summed E-state index contributed by atoms with van der Waals surface area (Å²) in [5, 5.41) is 0.712. The summed E-state index contributed by atoms with van der Waals surface area (Å²) < 4.78 is 33.8. The molecule has 0 bridgehead atoms. The second-order valence-electron chi connectivity index (χ2n) is 16.1. The molecule has 7 aromatic carbocycles. The van der Waals surface area contributed by atoms with Crippen LogP contribution in [0.25, 0.3) is 5.69 Å². The van der Waals surface area contributed by atoms with E-state index in [1.807, 2.05) is 61.5 Å². The number of hydrogen-bond acceptors (Lipinski definition) is 14. The van der Waals surface area contributed by atoms with E-state index in [1.165, 1.54) is 11.3 Å². The number of esters is 4. The van der Waals surface area contributed by atoms with Crippen LogP contribution >= 0.6 is 34.7 Å². The summed E-state index contributed by atoms with van der Waals surface area (Å²) in [6.07, 6.45) is -6.07. The van der Waals surface area contributed by atoms with Gasteiger partial charge in [0.25, 0.3) is 0 Å². The van der Waals surface area contributed by atoms with Gasteiger partial charge in [0.2, 0.25) is 4.80 Å². The minimum absolute atomic E-state index is 0.155. The fraction of sp³-hybridized carbons (Fsp3) is 0.125. The first-order valence-electron chi connectivity index (χ1n) is 22.6. The van der Waals surface area contributed by atoms with Crippen molar-refractivity contribution in [3.8, 4) is 5.69 Å². The molecule has 0 amide bonds.